The third-order valence-corrected chi connectivity index (χ3v) is 5.76. The Bertz CT molecular complexity index is 1040. The highest BCUT2D eigenvalue weighted by molar-refractivity contribution is 5.93. The van der Waals surface area contributed by atoms with E-state index in [0.717, 1.165) is 5.56 Å². The maximum atomic E-state index is 15.9. The normalized spacial score (nSPS) is 15.9. The van der Waals surface area contributed by atoms with Gasteiger partial charge in [0.05, 0.1) is 5.52 Å². The quantitative estimate of drug-likeness (QED) is 0.494. The van der Waals surface area contributed by atoms with E-state index in [4.69, 9.17) is 9.47 Å². The van der Waals surface area contributed by atoms with Crippen LogP contribution in [-0.4, -0.2) is 45.9 Å². The Morgan fingerprint density at radius 3 is 2.03 bits per heavy atom. The molecule has 0 radical (unpaired) electrons. The average Bonchev–Trinajstić information content (AvgIpc) is 3.07. The summed E-state index contributed by atoms with van der Waals surface area (Å²) in [7, 11) is 0. The molecule has 182 valence electrons. The molecule has 1 aromatic carbocycles. The Morgan fingerprint density at radius 1 is 0.970 bits per heavy atom. The zero-order chi connectivity index (χ0) is 24.7. The number of fused-ring (bicyclic) bond motifs is 1. The van der Waals surface area contributed by atoms with E-state index in [2.05, 4.69) is 0 Å². The molecular weight excluding hydrogens is 423 g/mol. The minimum atomic E-state index is -0.647. The molecule has 2 aromatic rings. The molecule has 0 saturated carbocycles. The van der Waals surface area contributed by atoms with Gasteiger partial charge in [-0.3, -0.25) is 4.57 Å². The van der Waals surface area contributed by atoms with Crippen LogP contribution in [0.2, 0.25) is 0 Å². The Kier molecular flexibility index (Phi) is 6.83. The highest BCUT2D eigenvalue weighted by Gasteiger charge is 2.30. The van der Waals surface area contributed by atoms with Crippen LogP contribution in [0.5, 0.6) is 0 Å². The first-order valence-corrected chi connectivity index (χ1v) is 11.7. The predicted molar refractivity (Wildman–Crippen MR) is 127 cm³/mol. The monoisotopic (exact) mass is 460 g/mol. The van der Waals surface area contributed by atoms with Crippen molar-refractivity contribution >= 4 is 23.1 Å². The van der Waals surface area contributed by atoms with Crippen molar-refractivity contribution in [3.63, 3.8) is 0 Å². The van der Waals surface area contributed by atoms with Gasteiger partial charge in [0.2, 0.25) is 0 Å². The molecule has 33 heavy (non-hydrogen) atoms. The number of hydrogen-bond donors (Lipinski definition) is 0. The number of rotatable bonds is 2. The summed E-state index contributed by atoms with van der Waals surface area (Å²) in [6.07, 6.45) is 2.17. The van der Waals surface area contributed by atoms with Crippen molar-refractivity contribution in [1.82, 2.24) is 9.47 Å². The summed E-state index contributed by atoms with van der Waals surface area (Å²) in [6, 6.07) is 3.58. The molecule has 0 N–H and O–H groups in total. The molecule has 2 heterocycles. The second kappa shape index (κ2) is 8.99. The molecule has 1 fully saturated rings. The summed E-state index contributed by atoms with van der Waals surface area (Å²) in [5.41, 5.74) is 0.739. The smallest absolute Gasteiger partial charge is 0.419 e. The summed E-state index contributed by atoms with van der Waals surface area (Å²) in [6.45, 7) is 16.0. The standard InChI is InChI=1S/C26H37FN2O4/c1-16(2)19-15-29(24(31)33-26(6,7)8)20-10-9-18(22(27)21(19)20)17-11-13-28(14-12-17)23(30)32-25(3,4)5/h9-10,15-17H,11-14H2,1-8H3. The van der Waals surface area contributed by atoms with Crippen molar-refractivity contribution in [2.24, 2.45) is 0 Å². The van der Waals surface area contributed by atoms with Crippen molar-refractivity contribution in [3.8, 4) is 0 Å². The third kappa shape index (κ3) is 5.68. The van der Waals surface area contributed by atoms with Gasteiger partial charge in [-0.1, -0.05) is 19.9 Å². The molecule has 1 amide bonds. The highest BCUT2D eigenvalue weighted by Crippen LogP contribution is 2.37. The number of aromatic nitrogens is 1. The summed E-state index contributed by atoms with van der Waals surface area (Å²) >= 11 is 0. The zero-order valence-electron chi connectivity index (χ0n) is 21.1. The van der Waals surface area contributed by atoms with Crippen LogP contribution in [0, 0.1) is 5.82 Å². The van der Waals surface area contributed by atoms with Crippen LogP contribution < -0.4 is 0 Å². The van der Waals surface area contributed by atoms with Crippen LogP contribution in [0.3, 0.4) is 0 Å². The molecule has 6 nitrogen and oxygen atoms in total. The fourth-order valence-corrected chi connectivity index (χ4v) is 4.25. The number of halogens is 1. The van der Waals surface area contributed by atoms with Crippen molar-refractivity contribution in [2.45, 2.75) is 91.3 Å². The van der Waals surface area contributed by atoms with Crippen LogP contribution >= 0.6 is 0 Å². The van der Waals surface area contributed by atoms with E-state index in [1.807, 2.05) is 61.5 Å². The fourth-order valence-electron chi connectivity index (χ4n) is 4.25. The Balaban J connectivity index is 1.89. The summed E-state index contributed by atoms with van der Waals surface area (Å²) in [5, 5.41) is 0.475. The molecule has 0 atom stereocenters. The lowest BCUT2D eigenvalue weighted by molar-refractivity contribution is 0.0204. The minimum absolute atomic E-state index is 0.00187. The van der Waals surface area contributed by atoms with E-state index in [9.17, 15) is 9.59 Å². The summed E-state index contributed by atoms with van der Waals surface area (Å²) < 4.78 is 28.3. The number of amides is 1. The number of ether oxygens (including phenoxy) is 2. The maximum absolute atomic E-state index is 15.9. The average molecular weight is 461 g/mol. The Morgan fingerprint density at radius 2 is 1.52 bits per heavy atom. The van der Waals surface area contributed by atoms with Gasteiger partial charge in [0, 0.05) is 24.7 Å². The van der Waals surface area contributed by atoms with Gasteiger partial charge in [0.25, 0.3) is 0 Å². The van der Waals surface area contributed by atoms with Gasteiger partial charge in [-0.15, -0.1) is 0 Å². The van der Waals surface area contributed by atoms with E-state index in [0.29, 0.717) is 42.4 Å². The molecule has 7 heteroatoms. The first kappa shape index (κ1) is 25.1. The van der Waals surface area contributed by atoms with Crippen molar-refractivity contribution in [2.75, 3.05) is 13.1 Å². The van der Waals surface area contributed by atoms with E-state index < -0.39 is 17.3 Å². The summed E-state index contributed by atoms with van der Waals surface area (Å²) in [4.78, 5) is 26.8. The van der Waals surface area contributed by atoms with Crippen LogP contribution in [-0.2, 0) is 9.47 Å². The van der Waals surface area contributed by atoms with Crippen LogP contribution in [0.25, 0.3) is 10.9 Å². The number of carbonyl (C=O) groups is 2. The van der Waals surface area contributed by atoms with Crippen molar-refractivity contribution in [1.29, 1.82) is 0 Å². The lowest BCUT2D eigenvalue weighted by atomic mass is 9.87. The second-order valence-corrected chi connectivity index (χ2v) is 11.2. The zero-order valence-corrected chi connectivity index (χ0v) is 21.1. The SMILES string of the molecule is CC(C)c1cn(C(=O)OC(C)(C)C)c2ccc(C3CCN(C(=O)OC(C)(C)C)CC3)c(F)c12. The largest absolute Gasteiger partial charge is 0.444 e. The van der Waals surface area contributed by atoms with Crippen LogP contribution in [0.1, 0.15) is 91.2 Å². The molecule has 1 aromatic heterocycles. The molecule has 0 aliphatic carbocycles. The number of hydrogen-bond acceptors (Lipinski definition) is 4. The lowest BCUT2D eigenvalue weighted by Crippen LogP contribution is -2.41. The lowest BCUT2D eigenvalue weighted by Gasteiger charge is -2.33. The molecule has 0 spiro atoms. The number of likely N-dealkylation sites (tertiary alicyclic amines) is 1. The van der Waals surface area contributed by atoms with Crippen molar-refractivity contribution < 1.29 is 23.5 Å². The van der Waals surface area contributed by atoms with E-state index in [1.165, 1.54) is 4.57 Å². The Labute approximate surface area is 196 Å². The van der Waals surface area contributed by atoms with Gasteiger partial charge in [0.15, 0.2) is 0 Å². The summed E-state index contributed by atoms with van der Waals surface area (Å²) in [5.74, 6) is -0.248. The topological polar surface area (TPSA) is 60.8 Å². The van der Waals surface area contributed by atoms with Crippen molar-refractivity contribution in [3.05, 3.63) is 35.3 Å². The van der Waals surface area contributed by atoms with Gasteiger partial charge in [-0.25, -0.2) is 14.0 Å². The molecule has 1 aliphatic heterocycles. The fraction of sp³-hybridized carbons (Fsp3) is 0.615. The van der Waals surface area contributed by atoms with Gasteiger partial charge in [0.1, 0.15) is 17.0 Å². The van der Waals surface area contributed by atoms with Gasteiger partial charge in [-0.2, -0.15) is 0 Å². The van der Waals surface area contributed by atoms with Gasteiger partial charge < -0.3 is 14.4 Å². The molecule has 1 aliphatic rings. The Hall–Kier alpha value is -2.57. The third-order valence-electron chi connectivity index (χ3n) is 5.76. The van der Waals surface area contributed by atoms with E-state index in [1.54, 1.807) is 17.2 Å². The second-order valence-electron chi connectivity index (χ2n) is 11.2. The first-order chi connectivity index (χ1) is 15.2. The van der Waals surface area contributed by atoms with Crippen LogP contribution in [0.15, 0.2) is 18.3 Å². The molecule has 0 unspecified atom stereocenters. The molecule has 0 bridgehead atoms. The number of carbonyl (C=O) groups excluding carboxylic acids is 2. The number of piperidine rings is 1. The van der Waals surface area contributed by atoms with Crippen LogP contribution in [0.4, 0.5) is 14.0 Å². The van der Waals surface area contributed by atoms with E-state index >= 15 is 4.39 Å². The maximum Gasteiger partial charge on any atom is 0.419 e. The molecular formula is C26H37FN2O4. The van der Waals surface area contributed by atoms with E-state index in [-0.39, 0.29) is 23.7 Å². The predicted octanol–water partition coefficient (Wildman–Crippen LogP) is 6.80. The minimum Gasteiger partial charge on any atom is -0.444 e. The molecule has 1 saturated heterocycles. The van der Waals surface area contributed by atoms with Gasteiger partial charge >= 0.3 is 12.2 Å². The number of nitrogens with zero attached hydrogens (tertiary/aromatic N) is 2. The molecule has 3 rings (SSSR count). The highest BCUT2D eigenvalue weighted by atomic mass is 19.1. The number of benzene rings is 1. The first-order valence-electron chi connectivity index (χ1n) is 11.7. The van der Waals surface area contributed by atoms with Gasteiger partial charge in [-0.05, 0) is 83.4 Å².